The van der Waals surface area contributed by atoms with Crippen molar-refractivity contribution < 1.29 is 0 Å². The van der Waals surface area contributed by atoms with Crippen LogP contribution in [0.5, 0.6) is 0 Å². The van der Waals surface area contributed by atoms with Gasteiger partial charge in [-0.15, -0.1) is 0 Å². The summed E-state index contributed by atoms with van der Waals surface area (Å²) in [6.07, 6.45) is 0. The van der Waals surface area contributed by atoms with Crippen LogP contribution in [-0.4, -0.2) is 16.7 Å². The molecule has 0 aliphatic rings. The second-order valence-corrected chi connectivity index (χ2v) is 9.58. The maximum Gasteiger partial charge on any atom is 0.287 e. The van der Waals surface area contributed by atoms with Gasteiger partial charge < -0.3 is 27.0 Å². The molecule has 0 aromatic rings. The second-order valence-electron chi connectivity index (χ2n) is 1.53. The van der Waals surface area contributed by atoms with E-state index >= 15 is 0 Å². The summed E-state index contributed by atoms with van der Waals surface area (Å²) in [4.78, 5) is 0. The highest BCUT2D eigenvalue weighted by molar-refractivity contribution is 7.26. The minimum absolute atomic E-state index is 1.89. The second kappa shape index (κ2) is 2.00. The van der Waals surface area contributed by atoms with Gasteiger partial charge in [0.1, 0.15) is 0 Å². The van der Waals surface area contributed by atoms with Crippen molar-refractivity contribution in [3.8, 4) is 0 Å². The first-order valence-electron chi connectivity index (χ1n) is 1.82. The summed E-state index contributed by atoms with van der Waals surface area (Å²) in [5, 5.41) is 25.9. The van der Waals surface area contributed by atoms with Crippen molar-refractivity contribution in [3.63, 3.8) is 0 Å². The van der Waals surface area contributed by atoms with E-state index in [0.29, 0.717) is 0 Å². The summed E-state index contributed by atoms with van der Waals surface area (Å²) in [5.74, 6) is 0. The first-order valence-corrected chi connectivity index (χ1v) is 7.20. The topological polar surface area (TPSA) is 130 Å². The van der Waals surface area contributed by atoms with Gasteiger partial charge in [0.15, 0.2) is 0 Å². The van der Waals surface area contributed by atoms with Crippen LogP contribution < -0.4 is 27.0 Å². The predicted molar refractivity (Wildman–Crippen MR) is 33.8 cm³/mol. The third-order valence-electron chi connectivity index (χ3n) is 0.577. The number of hydrogen-bond acceptors (Lipinski definition) is 5. The Balaban J connectivity index is 3.54. The van der Waals surface area contributed by atoms with Gasteiger partial charge in [-0.1, -0.05) is 0 Å². The van der Waals surface area contributed by atoms with Crippen LogP contribution in [0, 0.1) is 0 Å². The van der Waals surface area contributed by atoms with Gasteiger partial charge in [-0.3, -0.25) is 0 Å². The maximum absolute atomic E-state index is 5.18. The van der Waals surface area contributed by atoms with E-state index < -0.39 is 16.7 Å². The molecule has 0 rings (SSSR count). The van der Waals surface area contributed by atoms with Crippen LogP contribution in [0.25, 0.3) is 0 Å². The van der Waals surface area contributed by atoms with Crippen molar-refractivity contribution >= 4 is 16.7 Å². The van der Waals surface area contributed by atoms with E-state index in [4.69, 9.17) is 27.0 Å². The molecule has 10 N–H and O–H groups in total. The Labute approximate surface area is 44.6 Å². The highest BCUT2D eigenvalue weighted by Crippen LogP contribution is 1.60. The first-order chi connectivity index (χ1) is 2.94. The van der Waals surface area contributed by atoms with E-state index in [9.17, 15) is 0 Å². The fourth-order valence-electron chi connectivity index (χ4n) is 0. The molecule has 0 saturated heterocycles. The molecule has 0 atom stereocenters. The van der Waals surface area contributed by atoms with E-state index in [-0.39, 0.29) is 0 Å². The molecule has 0 spiro atoms. The molecule has 0 aliphatic heterocycles. The van der Waals surface area contributed by atoms with Crippen molar-refractivity contribution in [3.05, 3.63) is 0 Å². The Morgan fingerprint density at radius 3 is 1.14 bits per heavy atom. The van der Waals surface area contributed by atoms with Crippen molar-refractivity contribution in [2.45, 2.75) is 0 Å². The molecule has 0 fully saturated rings. The standard InChI is InChI=1S/H11N5Si2/c1-6(2)7(3,4)5/h6H,1-5H2. The fourth-order valence-corrected chi connectivity index (χ4v) is 0. The van der Waals surface area contributed by atoms with E-state index in [2.05, 4.69) is 0 Å². The van der Waals surface area contributed by atoms with Crippen LogP contribution in [0.4, 0.5) is 0 Å². The molecule has 0 aliphatic carbocycles. The van der Waals surface area contributed by atoms with Crippen LogP contribution in [-0.2, 0) is 0 Å². The molecular formula is H11N5Si2. The summed E-state index contributed by atoms with van der Waals surface area (Å²) in [7, 11) is -4.43. The van der Waals surface area contributed by atoms with Gasteiger partial charge in [-0.25, -0.2) is 0 Å². The van der Waals surface area contributed by atoms with E-state index in [1.807, 2.05) is 0 Å². The highest BCUT2D eigenvalue weighted by atomic mass is 29.3. The quantitative estimate of drug-likeness (QED) is 0.235. The summed E-state index contributed by atoms with van der Waals surface area (Å²) in [5.41, 5.74) is 0. The lowest BCUT2D eigenvalue weighted by atomic mass is 13.8. The number of rotatable bonds is 1. The van der Waals surface area contributed by atoms with Gasteiger partial charge in [0.25, 0.3) is 8.08 Å². The Morgan fingerprint density at radius 1 is 1.00 bits per heavy atom. The Kier molecular flexibility index (Phi) is 2.07. The van der Waals surface area contributed by atoms with E-state index in [1.54, 1.807) is 0 Å². The Bertz CT molecular complexity index is 51.6. The normalized spacial score (nSPS) is 12.9. The fraction of sp³-hybridized carbons (Fsp3) is 0. The first kappa shape index (κ1) is 7.23. The highest BCUT2D eigenvalue weighted by Gasteiger charge is 2.25. The lowest BCUT2D eigenvalue weighted by Crippen LogP contribution is -2.81. The summed E-state index contributed by atoms with van der Waals surface area (Å²) < 4.78 is 0. The Hall–Kier alpha value is 0.234. The van der Waals surface area contributed by atoms with Gasteiger partial charge >= 0.3 is 0 Å². The van der Waals surface area contributed by atoms with Crippen LogP contribution in [0.3, 0.4) is 0 Å². The molecule has 0 amide bonds. The van der Waals surface area contributed by atoms with Gasteiger partial charge in [0.2, 0.25) is 8.64 Å². The molecule has 44 valence electrons. The lowest BCUT2D eigenvalue weighted by molar-refractivity contribution is 1.46. The van der Waals surface area contributed by atoms with Crippen molar-refractivity contribution in [2.75, 3.05) is 0 Å². The largest absolute Gasteiger partial charge is 0.341 e. The van der Waals surface area contributed by atoms with Crippen molar-refractivity contribution in [1.29, 1.82) is 0 Å². The molecule has 0 aromatic heterocycles. The summed E-state index contributed by atoms with van der Waals surface area (Å²) in [6, 6.07) is 0. The molecule has 5 nitrogen and oxygen atoms in total. The van der Waals surface area contributed by atoms with Gasteiger partial charge in [0, 0.05) is 0 Å². The minimum Gasteiger partial charge on any atom is -0.341 e. The molecule has 0 heterocycles. The zero-order chi connectivity index (χ0) is 6.08. The molecule has 0 unspecified atom stereocenters. The van der Waals surface area contributed by atoms with Crippen molar-refractivity contribution in [1.82, 2.24) is 0 Å². The molecule has 0 bridgehead atoms. The third kappa shape index (κ3) is 2.88. The minimum atomic E-state index is -2.54. The third-order valence-corrected chi connectivity index (χ3v) is 5.20. The number of nitrogens with two attached hydrogens (primary N) is 5. The molecule has 0 saturated carbocycles. The van der Waals surface area contributed by atoms with Crippen LogP contribution in [0.2, 0.25) is 0 Å². The van der Waals surface area contributed by atoms with E-state index in [1.165, 1.54) is 0 Å². The molecule has 0 aromatic carbocycles. The zero-order valence-corrected chi connectivity index (χ0v) is 6.12. The molecule has 0 radical (unpaired) electrons. The molecular weight excluding hydrogens is 126 g/mol. The lowest BCUT2D eigenvalue weighted by Gasteiger charge is -2.15. The zero-order valence-electron chi connectivity index (χ0n) is 3.96. The smallest absolute Gasteiger partial charge is 0.287 e. The summed E-state index contributed by atoms with van der Waals surface area (Å²) >= 11 is 0. The van der Waals surface area contributed by atoms with Crippen LogP contribution in [0.15, 0.2) is 0 Å². The van der Waals surface area contributed by atoms with Crippen LogP contribution in [0.1, 0.15) is 0 Å². The Morgan fingerprint density at radius 2 is 1.14 bits per heavy atom. The average Bonchev–Trinajstić information content (AvgIpc) is 1.31. The van der Waals surface area contributed by atoms with E-state index in [0.717, 1.165) is 0 Å². The predicted octanol–water partition coefficient (Wildman–Crippen LogP) is -3.98. The summed E-state index contributed by atoms with van der Waals surface area (Å²) in [6.45, 7) is 0. The average molecular weight is 137 g/mol. The van der Waals surface area contributed by atoms with Crippen molar-refractivity contribution in [2.24, 2.45) is 27.0 Å². The monoisotopic (exact) mass is 137 g/mol. The maximum atomic E-state index is 5.18. The van der Waals surface area contributed by atoms with Gasteiger partial charge in [-0.2, -0.15) is 0 Å². The van der Waals surface area contributed by atoms with Gasteiger partial charge in [0.05, 0.1) is 0 Å². The molecule has 7 heavy (non-hydrogen) atoms. The molecule has 7 heteroatoms. The SMILES string of the molecule is N[SiH](N)[Si](N)(N)N. The van der Waals surface area contributed by atoms with Gasteiger partial charge in [-0.05, 0) is 0 Å². The van der Waals surface area contributed by atoms with Crippen LogP contribution >= 0.6 is 0 Å². The number of hydrogen-bond donors (Lipinski definition) is 5.